The minimum absolute atomic E-state index is 0.304. The van der Waals surface area contributed by atoms with Crippen LogP contribution in [0.3, 0.4) is 0 Å². The number of hydrogen-bond acceptors (Lipinski definition) is 6. The van der Waals surface area contributed by atoms with Crippen LogP contribution in [-0.2, 0) is 20.3 Å². The van der Waals surface area contributed by atoms with Gasteiger partial charge in [0.05, 0.1) is 17.5 Å². The Morgan fingerprint density at radius 1 is 1.30 bits per heavy atom. The zero-order valence-corrected chi connectivity index (χ0v) is 13.3. The highest BCUT2D eigenvalue weighted by Crippen LogP contribution is 2.12. The highest BCUT2D eigenvalue weighted by Gasteiger charge is 2.26. The molecule has 0 N–H and O–H groups in total. The smallest absolute Gasteiger partial charge is 0.410 e. The first kappa shape index (κ1) is 17.4. The first-order valence-corrected chi connectivity index (χ1v) is 7.64. The van der Waals surface area contributed by atoms with E-state index in [-0.39, 0.29) is 12.2 Å². The molecule has 20 heavy (non-hydrogen) atoms. The number of carbonyl (C=O) groups is 1. The molecule has 0 spiro atoms. The fourth-order valence-corrected chi connectivity index (χ4v) is 2.30. The molecule has 0 aromatic rings. The number of nitrogens with zero attached hydrogens (tertiary/aromatic N) is 2. The number of ether oxygens (including phenoxy) is 1. The molecule has 118 valence electrons. The summed E-state index contributed by atoms with van der Waals surface area (Å²) in [5.41, 5.74) is -0.491. The van der Waals surface area contributed by atoms with Crippen molar-refractivity contribution < 1.29 is 22.5 Å². The van der Waals surface area contributed by atoms with Gasteiger partial charge in [-0.2, -0.15) is 0 Å². The molecule has 2 atom stereocenters. The Kier molecular flexibility index (Phi) is 6.38. The molecule has 0 aromatic carbocycles. The summed E-state index contributed by atoms with van der Waals surface area (Å²) in [5, 5.41) is 0. The fraction of sp³-hybridized carbons (Fsp3) is 0.917. The van der Waals surface area contributed by atoms with Gasteiger partial charge in [0.2, 0.25) is 0 Å². The Bertz CT molecular complexity index is 350. The Hall–Kier alpha value is -0.700. The summed E-state index contributed by atoms with van der Waals surface area (Å²) in [4.78, 5) is 15.6. The number of carbonyl (C=O) groups excluding carboxylic acids is 1. The van der Waals surface area contributed by atoms with Crippen molar-refractivity contribution in [3.05, 3.63) is 0 Å². The van der Waals surface area contributed by atoms with E-state index in [4.69, 9.17) is 4.74 Å². The summed E-state index contributed by atoms with van der Waals surface area (Å²) >= 11 is -2.49. The number of amides is 1. The second-order valence-electron chi connectivity index (χ2n) is 5.88. The molecule has 1 rings (SSSR count). The van der Waals surface area contributed by atoms with Gasteiger partial charge in [-0.1, -0.05) is 0 Å². The summed E-state index contributed by atoms with van der Waals surface area (Å²) in [6, 6.07) is 0. The molecule has 0 saturated carbocycles. The number of hydrogen-bond donors (Lipinski definition) is 0. The predicted molar refractivity (Wildman–Crippen MR) is 73.7 cm³/mol. The van der Waals surface area contributed by atoms with Crippen molar-refractivity contribution in [3.63, 3.8) is 0 Å². The topological polar surface area (TPSA) is 82.1 Å². The molecule has 1 heterocycles. The van der Waals surface area contributed by atoms with Crippen LogP contribution in [0, 0.1) is 0 Å². The Morgan fingerprint density at radius 2 is 1.85 bits per heavy atom. The van der Waals surface area contributed by atoms with Gasteiger partial charge in [-0.3, -0.25) is 9.08 Å². The standard InChI is InChI=1S/C12H24N2O5S/c1-10(19-20(16)17)9-13-5-7-14(8-6-13)11(15)18-12(2,3)4/h10H,5-9H2,1-4H3,(H,16,17)/p-1. The van der Waals surface area contributed by atoms with Crippen molar-refractivity contribution in [2.75, 3.05) is 32.7 Å². The average molecular weight is 307 g/mol. The van der Waals surface area contributed by atoms with Gasteiger partial charge in [-0.25, -0.2) is 9.00 Å². The molecule has 0 radical (unpaired) electrons. The van der Waals surface area contributed by atoms with Gasteiger partial charge < -0.3 is 14.2 Å². The summed E-state index contributed by atoms with van der Waals surface area (Å²) in [7, 11) is 0. The highest BCUT2D eigenvalue weighted by atomic mass is 32.2. The summed E-state index contributed by atoms with van der Waals surface area (Å²) < 4.78 is 30.8. The minimum atomic E-state index is -2.49. The van der Waals surface area contributed by atoms with Crippen molar-refractivity contribution in [2.45, 2.75) is 39.4 Å². The molecule has 8 heteroatoms. The fourth-order valence-electron chi connectivity index (χ4n) is 1.97. The van der Waals surface area contributed by atoms with E-state index in [1.165, 1.54) is 0 Å². The lowest BCUT2D eigenvalue weighted by molar-refractivity contribution is 0.0120. The Morgan fingerprint density at radius 3 is 2.30 bits per heavy atom. The van der Waals surface area contributed by atoms with Crippen LogP contribution in [0.4, 0.5) is 4.79 Å². The minimum Gasteiger partial charge on any atom is -0.750 e. The zero-order valence-electron chi connectivity index (χ0n) is 12.5. The van der Waals surface area contributed by atoms with Crippen LogP contribution in [0.25, 0.3) is 0 Å². The molecular weight excluding hydrogens is 284 g/mol. The van der Waals surface area contributed by atoms with Crippen LogP contribution in [0.5, 0.6) is 0 Å². The normalized spacial score (nSPS) is 20.6. The van der Waals surface area contributed by atoms with E-state index in [0.29, 0.717) is 32.7 Å². The SMILES string of the molecule is CC(CN1CCN(C(=O)OC(C)(C)C)CC1)OS(=O)[O-]. The molecule has 1 aliphatic heterocycles. The Balaban J connectivity index is 2.33. The van der Waals surface area contributed by atoms with E-state index in [0.717, 1.165) is 0 Å². The largest absolute Gasteiger partial charge is 0.750 e. The molecule has 1 aliphatic rings. The van der Waals surface area contributed by atoms with Gasteiger partial charge >= 0.3 is 6.09 Å². The molecule has 0 bridgehead atoms. The molecule has 2 unspecified atom stereocenters. The van der Waals surface area contributed by atoms with Gasteiger partial charge in [0.25, 0.3) is 0 Å². The van der Waals surface area contributed by atoms with Crippen LogP contribution in [-0.4, -0.2) is 69.1 Å². The van der Waals surface area contributed by atoms with Crippen molar-refractivity contribution in [1.29, 1.82) is 0 Å². The number of rotatable bonds is 4. The average Bonchev–Trinajstić information content (AvgIpc) is 2.26. The predicted octanol–water partition coefficient (Wildman–Crippen LogP) is 0.738. The third-order valence-electron chi connectivity index (χ3n) is 2.78. The summed E-state index contributed by atoms with van der Waals surface area (Å²) in [5.74, 6) is 0. The first-order valence-electron chi connectivity index (χ1n) is 6.64. The molecule has 0 aromatic heterocycles. The third kappa shape index (κ3) is 6.65. The van der Waals surface area contributed by atoms with Crippen LogP contribution in [0.1, 0.15) is 27.7 Å². The summed E-state index contributed by atoms with van der Waals surface area (Å²) in [6.45, 7) is 10.2. The Labute approximate surface area is 122 Å². The van der Waals surface area contributed by atoms with Crippen molar-refractivity contribution >= 4 is 17.5 Å². The monoisotopic (exact) mass is 307 g/mol. The molecule has 7 nitrogen and oxygen atoms in total. The molecule has 0 aliphatic carbocycles. The van der Waals surface area contributed by atoms with Gasteiger partial charge in [0.1, 0.15) is 5.60 Å². The van der Waals surface area contributed by atoms with Crippen LogP contribution in [0.2, 0.25) is 0 Å². The molecule has 1 fully saturated rings. The molecule has 1 amide bonds. The first-order chi connectivity index (χ1) is 9.17. The second kappa shape index (κ2) is 7.35. The molecule has 1 saturated heterocycles. The van der Waals surface area contributed by atoms with Crippen LogP contribution in [0.15, 0.2) is 0 Å². The molecular formula is C12H23N2O5S-. The van der Waals surface area contributed by atoms with Gasteiger partial charge in [0, 0.05) is 32.7 Å². The second-order valence-corrected chi connectivity index (χ2v) is 6.48. The van der Waals surface area contributed by atoms with Crippen molar-refractivity contribution in [2.24, 2.45) is 0 Å². The number of piperazine rings is 1. The van der Waals surface area contributed by atoms with Gasteiger partial charge in [0.15, 0.2) is 0 Å². The maximum absolute atomic E-state index is 11.9. The van der Waals surface area contributed by atoms with Gasteiger partial charge in [-0.15, -0.1) is 0 Å². The van der Waals surface area contributed by atoms with Gasteiger partial charge in [-0.05, 0) is 27.7 Å². The van der Waals surface area contributed by atoms with E-state index in [9.17, 15) is 13.6 Å². The van der Waals surface area contributed by atoms with E-state index in [1.54, 1.807) is 11.8 Å². The van der Waals surface area contributed by atoms with Crippen LogP contribution < -0.4 is 0 Å². The van der Waals surface area contributed by atoms with E-state index in [1.807, 2.05) is 20.8 Å². The quantitative estimate of drug-likeness (QED) is 0.712. The van der Waals surface area contributed by atoms with E-state index in [2.05, 4.69) is 9.08 Å². The maximum Gasteiger partial charge on any atom is 0.410 e. The van der Waals surface area contributed by atoms with E-state index >= 15 is 0 Å². The lowest BCUT2D eigenvalue weighted by atomic mass is 10.2. The lowest BCUT2D eigenvalue weighted by Gasteiger charge is -2.36. The third-order valence-corrected chi connectivity index (χ3v) is 3.27. The maximum atomic E-state index is 11.9. The highest BCUT2D eigenvalue weighted by molar-refractivity contribution is 7.74. The van der Waals surface area contributed by atoms with Crippen molar-refractivity contribution in [1.82, 2.24) is 9.80 Å². The van der Waals surface area contributed by atoms with E-state index < -0.39 is 17.0 Å². The zero-order chi connectivity index (χ0) is 15.3. The summed E-state index contributed by atoms with van der Waals surface area (Å²) in [6.07, 6.45) is -0.691. The van der Waals surface area contributed by atoms with Crippen LogP contribution >= 0.6 is 0 Å². The lowest BCUT2D eigenvalue weighted by Crippen LogP contribution is -2.51. The van der Waals surface area contributed by atoms with Crippen molar-refractivity contribution in [3.8, 4) is 0 Å².